The normalized spacial score (nSPS) is 18.8. The molecule has 0 aliphatic carbocycles. The van der Waals surface area contributed by atoms with Crippen LogP contribution in [-0.4, -0.2) is 33.7 Å². The van der Waals surface area contributed by atoms with Crippen molar-refractivity contribution in [1.29, 1.82) is 0 Å². The highest BCUT2D eigenvalue weighted by Crippen LogP contribution is 2.31. The van der Waals surface area contributed by atoms with Gasteiger partial charge in [0.1, 0.15) is 6.61 Å². The first-order valence-corrected chi connectivity index (χ1v) is 7.24. The molecule has 1 N–H and O–H groups in total. The average molecular weight is 288 g/mol. The molecule has 2 unspecified atom stereocenters. The van der Waals surface area contributed by atoms with Gasteiger partial charge in [0.25, 0.3) is 0 Å². The van der Waals surface area contributed by atoms with Gasteiger partial charge < -0.3 is 14.6 Å². The van der Waals surface area contributed by atoms with Gasteiger partial charge in [0.2, 0.25) is 0 Å². The zero-order chi connectivity index (χ0) is 14.8. The minimum Gasteiger partial charge on any atom is -0.486 e. The number of hydrogen-bond donors (Lipinski definition) is 1. The molecule has 112 valence electrons. The highest BCUT2D eigenvalue weighted by Gasteiger charge is 2.28. The molecular formula is C16H20N2O3. The van der Waals surface area contributed by atoms with Gasteiger partial charge in [-0.2, -0.15) is 5.10 Å². The van der Waals surface area contributed by atoms with E-state index in [0.29, 0.717) is 24.8 Å². The fourth-order valence-corrected chi connectivity index (χ4v) is 2.34. The summed E-state index contributed by atoms with van der Waals surface area (Å²) >= 11 is 0. The monoisotopic (exact) mass is 288 g/mol. The highest BCUT2D eigenvalue weighted by atomic mass is 16.6. The average Bonchev–Trinajstić information content (AvgIpc) is 2.95. The zero-order valence-corrected chi connectivity index (χ0v) is 12.3. The summed E-state index contributed by atoms with van der Waals surface area (Å²) in [5, 5.41) is 14.8. The third-order valence-corrected chi connectivity index (χ3v) is 3.57. The van der Waals surface area contributed by atoms with E-state index in [0.717, 1.165) is 11.4 Å². The van der Waals surface area contributed by atoms with E-state index in [1.807, 2.05) is 41.2 Å². The number of ether oxygens (including phenoxy) is 2. The minimum atomic E-state index is -0.645. The molecule has 1 aliphatic rings. The van der Waals surface area contributed by atoms with E-state index in [2.05, 4.69) is 18.9 Å². The van der Waals surface area contributed by atoms with Crippen LogP contribution in [0.2, 0.25) is 0 Å². The number of aromatic nitrogens is 2. The Bertz CT molecular complexity index is 609. The number of benzene rings is 1. The molecule has 2 heterocycles. The Morgan fingerprint density at radius 3 is 2.76 bits per heavy atom. The van der Waals surface area contributed by atoms with Crippen molar-refractivity contribution < 1.29 is 14.6 Å². The fraction of sp³-hybridized carbons (Fsp3) is 0.438. The summed E-state index contributed by atoms with van der Waals surface area (Å²) in [5.41, 5.74) is 0.860. The van der Waals surface area contributed by atoms with Gasteiger partial charge in [-0.1, -0.05) is 12.1 Å². The van der Waals surface area contributed by atoms with Crippen molar-refractivity contribution in [3.63, 3.8) is 0 Å². The summed E-state index contributed by atoms with van der Waals surface area (Å²) in [4.78, 5) is 0. The molecule has 2 atom stereocenters. The number of rotatable bonds is 4. The second-order valence-corrected chi connectivity index (χ2v) is 5.57. The first kappa shape index (κ1) is 13.9. The highest BCUT2D eigenvalue weighted by molar-refractivity contribution is 5.40. The molecule has 5 heteroatoms. The number of aliphatic hydroxyl groups excluding tert-OH is 1. The van der Waals surface area contributed by atoms with Crippen molar-refractivity contribution >= 4 is 0 Å². The summed E-state index contributed by atoms with van der Waals surface area (Å²) in [6.45, 7) is 4.49. The van der Waals surface area contributed by atoms with Crippen LogP contribution in [0.5, 0.6) is 11.5 Å². The Balaban J connectivity index is 1.65. The second-order valence-electron chi connectivity index (χ2n) is 5.57. The summed E-state index contributed by atoms with van der Waals surface area (Å²) < 4.78 is 13.3. The molecular weight excluding hydrogens is 268 g/mol. The molecule has 5 nitrogen and oxygen atoms in total. The molecule has 0 saturated heterocycles. The van der Waals surface area contributed by atoms with Gasteiger partial charge in [0.05, 0.1) is 11.8 Å². The minimum absolute atomic E-state index is 0.317. The molecule has 21 heavy (non-hydrogen) atoms. The largest absolute Gasteiger partial charge is 0.486 e. The molecule has 0 spiro atoms. The maximum absolute atomic E-state index is 10.3. The van der Waals surface area contributed by atoms with Gasteiger partial charge >= 0.3 is 0 Å². The Morgan fingerprint density at radius 1 is 1.29 bits per heavy atom. The maximum Gasteiger partial charge on any atom is 0.161 e. The summed E-state index contributed by atoms with van der Waals surface area (Å²) in [7, 11) is 0. The third kappa shape index (κ3) is 3.03. The van der Waals surface area contributed by atoms with Gasteiger partial charge in [-0.05, 0) is 32.0 Å². The number of aliphatic hydroxyl groups is 1. The number of hydrogen-bond acceptors (Lipinski definition) is 4. The van der Waals surface area contributed by atoms with E-state index in [1.165, 1.54) is 0 Å². The molecule has 0 saturated carbocycles. The van der Waals surface area contributed by atoms with Crippen molar-refractivity contribution in [3.8, 4) is 11.5 Å². The van der Waals surface area contributed by atoms with Gasteiger partial charge in [-0.15, -0.1) is 0 Å². The number of fused-ring (bicyclic) bond motifs is 1. The lowest BCUT2D eigenvalue weighted by atomic mass is 10.1. The first-order chi connectivity index (χ1) is 10.1. The van der Waals surface area contributed by atoms with Crippen LogP contribution >= 0.6 is 0 Å². The van der Waals surface area contributed by atoms with Gasteiger partial charge in [-0.25, -0.2) is 0 Å². The Hall–Kier alpha value is -2.01. The standard InChI is InChI=1S/C16H20N2O3/c1-11(2)18-8-7-12(17-18)9-13(19)16-10-20-14-5-3-4-6-15(14)21-16/h3-8,11,13,16,19H,9-10H2,1-2H3. The molecule has 0 fully saturated rings. The number of nitrogens with zero attached hydrogens (tertiary/aromatic N) is 2. The van der Waals surface area contributed by atoms with E-state index in [4.69, 9.17) is 9.47 Å². The lowest BCUT2D eigenvalue weighted by Gasteiger charge is -2.29. The van der Waals surface area contributed by atoms with Crippen LogP contribution < -0.4 is 9.47 Å². The predicted octanol–water partition coefficient (Wildman–Crippen LogP) is 2.21. The SMILES string of the molecule is CC(C)n1ccc(CC(O)C2COc3ccccc3O2)n1. The molecule has 0 bridgehead atoms. The Morgan fingerprint density at radius 2 is 2.05 bits per heavy atom. The van der Waals surface area contributed by atoms with Crippen LogP contribution in [0.3, 0.4) is 0 Å². The van der Waals surface area contributed by atoms with Crippen LogP contribution in [0.4, 0.5) is 0 Å². The lowest BCUT2D eigenvalue weighted by molar-refractivity contribution is -0.00987. The maximum atomic E-state index is 10.3. The van der Waals surface area contributed by atoms with Crippen LogP contribution in [0.15, 0.2) is 36.5 Å². The van der Waals surface area contributed by atoms with Crippen LogP contribution in [0, 0.1) is 0 Å². The van der Waals surface area contributed by atoms with Gasteiger partial charge in [0.15, 0.2) is 17.6 Å². The molecule has 1 aromatic carbocycles. The van der Waals surface area contributed by atoms with Crippen LogP contribution in [0.1, 0.15) is 25.6 Å². The third-order valence-electron chi connectivity index (χ3n) is 3.57. The molecule has 1 aromatic heterocycles. The van der Waals surface area contributed by atoms with E-state index in [-0.39, 0.29) is 6.10 Å². The predicted molar refractivity (Wildman–Crippen MR) is 78.7 cm³/mol. The quantitative estimate of drug-likeness (QED) is 0.937. The van der Waals surface area contributed by atoms with Crippen LogP contribution in [0.25, 0.3) is 0 Å². The fourth-order valence-electron chi connectivity index (χ4n) is 2.34. The van der Waals surface area contributed by atoms with Crippen LogP contribution in [-0.2, 0) is 6.42 Å². The van der Waals surface area contributed by atoms with Crippen molar-refractivity contribution in [2.24, 2.45) is 0 Å². The van der Waals surface area contributed by atoms with Crippen molar-refractivity contribution in [1.82, 2.24) is 9.78 Å². The summed E-state index contributed by atoms with van der Waals surface area (Å²) in [5.74, 6) is 1.41. The topological polar surface area (TPSA) is 56.5 Å². The number of para-hydroxylation sites is 2. The summed E-state index contributed by atoms with van der Waals surface area (Å²) in [6, 6.07) is 9.75. The summed E-state index contributed by atoms with van der Waals surface area (Å²) in [6.07, 6.45) is 1.37. The molecule has 2 aromatic rings. The molecule has 0 radical (unpaired) electrons. The molecule has 0 amide bonds. The second kappa shape index (κ2) is 5.77. The van der Waals surface area contributed by atoms with Crippen molar-refractivity contribution in [2.75, 3.05) is 6.61 Å². The first-order valence-electron chi connectivity index (χ1n) is 7.24. The van der Waals surface area contributed by atoms with Gasteiger partial charge in [-0.3, -0.25) is 4.68 Å². The Kier molecular flexibility index (Phi) is 3.84. The van der Waals surface area contributed by atoms with E-state index in [1.54, 1.807) is 0 Å². The Labute approximate surface area is 124 Å². The molecule has 3 rings (SSSR count). The van der Waals surface area contributed by atoms with E-state index in [9.17, 15) is 5.11 Å². The zero-order valence-electron chi connectivity index (χ0n) is 12.3. The van der Waals surface area contributed by atoms with E-state index >= 15 is 0 Å². The molecule has 1 aliphatic heterocycles. The van der Waals surface area contributed by atoms with E-state index < -0.39 is 6.10 Å². The lowest BCUT2D eigenvalue weighted by Crippen LogP contribution is -2.40. The van der Waals surface area contributed by atoms with Crippen molar-refractivity contribution in [3.05, 3.63) is 42.2 Å². The van der Waals surface area contributed by atoms with Gasteiger partial charge in [0, 0.05) is 18.7 Å². The smallest absolute Gasteiger partial charge is 0.161 e. The van der Waals surface area contributed by atoms with Crippen molar-refractivity contribution in [2.45, 2.75) is 38.5 Å².